The van der Waals surface area contributed by atoms with Gasteiger partial charge in [0.05, 0.1) is 12.3 Å². The van der Waals surface area contributed by atoms with E-state index in [1.807, 2.05) is 0 Å². The molecule has 2 N–H and O–H groups in total. The Bertz CT molecular complexity index is 631. The topological polar surface area (TPSA) is 48.1 Å². The Balaban J connectivity index is 2.31. The summed E-state index contributed by atoms with van der Waals surface area (Å²) in [6.45, 7) is 7.19. The molecule has 2 heterocycles. The van der Waals surface area contributed by atoms with Crippen molar-refractivity contribution in [1.82, 2.24) is 4.98 Å². The van der Waals surface area contributed by atoms with Gasteiger partial charge in [0.2, 0.25) is 0 Å². The number of aryl methyl sites for hydroxylation is 1. The second kappa shape index (κ2) is 4.53. The van der Waals surface area contributed by atoms with Crippen molar-refractivity contribution in [2.75, 3.05) is 12.3 Å². The number of nitrogens with zero attached hydrogens (tertiary/aromatic N) is 1. The van der Waals surface area contributed by atoms with E-state index < -0.39 is 0 Å². The number of anilines is 1. The molecule has 3 rings (SSSR count). The zero-order valence-electron chi connectivity index (χ0n) is 11.5. The highest BCUT2D eigenvalue weighted by Gasteiger charge is 2.24. The summed E-state index contributed by atoms with van der Waals surface area (Å²) < 4.78 is 6.03. The fraction of sp³-hybridized carbons (Fsp3) is 0.400. The largest absolute Gasteiger partial charge is 0.492 e. The molecule has 19 heavy (non-hydrogen) atoms. The third-order valence-electron chi connectivity index (χ3n) is 3.54. The summed E-state index contributed by atoms with van der Waals surface area (Å²) >= 11 is 1.58. The van der Waals surface area contributed by atoms with Crippen molar-refractivity contribution in [2.45, 2.75) is 33.1 Å². The highest BCUT2D eigenvalue weighted by Crippen LogP contribution is 2.43. The van der Waals surface area contributed by atoms with E-state index in [2.05, 4.69) is 37.9 Å². The standard InChI is InChI=1S/C15H18N2OS/c1-8(2)10-5-4-9(3)12-13-11(19-15(16)17-13)6-7-18-14(10)12/h4-5,8H,6-7H2,1-3H3,(H2,16,17). The number of benzene rings is 1. The number of hydrogen-bond acceptors (Lipinski definition) is 4. The second-order valence-corrected chi connectivity index (χ2v) is 6.37. The molecule has 0 spiro atoms. The molecule has 1 aromatic heterocycles. The molecule has 4 heteroatoms. The average molecular weight is 274 g/mol. The van der Waals surface area contributed by atoms with Gasteiger partial charge in [0.15, 0.2) is 5.13 Å². The van der Waals surface area contributed by atoms with E-state index in [-0.39, 0.29) is 0 Å². The lowest BCUT2D eigenvalue weighted by molar-refractivity contribution is 0.322. The van der Waals surface area contributed by atoms with Crippen LogP contribution in [0.5, 0.6) is 5.75 Å². The molecule has 0 radical (unpaired) electrons. The zero-order chi connectivity index (χ0) is 13.6. The Morgan fingerprint density at radius 3 is 2.89 bits per heavy atom. The van der Waals surface area contributed by atoms with Crippen molar-refractivity contribution in [3.8, 4) is 17.0 Å². The third-order valence-corrected chi connectivity index (χ3v) is 4.49. The molecule has 0 fully saturated rings. The molecule has 100 valence electrons. The molecule has 0 amide bonds. The van der Waals surface area contributed by atoms with Crippen molar-refractivity contribution in [3.63, 3.8) is 0 Å². The molecular formula is C15H18N2OS. The molecule has 0 saturated carbocycles. The first-order valence-corrected chi connectivity index (χ1v) is 7.41. The summed E-state index contributed by atoms with van der Waals surface area (Å²) in [7, 11) is 0. The maximum atomic E-state index is 6.03. The zero-order valence-corrected chi connectivity index (χ0v) is 12.3. The molecule has 0 aliphatic carbocycles. The number of hydrogen-bond donors (Lipinski definition) is 1. The Morgan fingerprint density at radius 2 is 2.16 bits per heavy atom. The van der Waals surface area contributed by atoms with Crippen molar-refractivity contribution < 1.29 is 4.74 Å². The number of fused-ring (bicyclic) bond motifs is 3. The fourth-order valence-corrected chi connectivity index (χ4v) is 3.40. The van der Waals surface area contributed by atoms with Gasteiger partial charge in [-0.25, -0.2) is 4.98 Å². The van der Waals surface area contributed by atoms with E-state index in [0.29, 0.717) is 17.7 Å². The monoisotopic (exact) mass is 274 g/mol. The van der Waals surface area contributed by atoms with Gasteiger partial charge in [-0.05, 0) is 24.0 Å². The van der Waals surface area contributed by atoms with Crippen LogP contribution in [0.3, 0.4) is 0 Å². The number of nitrogens with two attached hydrogens (primary N) is 1. The summed E-state index contributed by atoms with van der Waals surface area (Å²) in [4.78, 5) is 5.77. The Kier molecular flexibility index (Phi) is 2.97. The van der Waals surface area contributed by atoms with Crippen LogP contribution in [0.2, 0.25) is 0 Å². The number of aromatic nitrogens is 1. The number of nitrogen functional groups attached to an aromatic ring is 1. The summed E-state index contributed by atoms with van der Waals surface area (Å²) in [5, 5.41) is 0.646. The van der Waals surface area contributed by atoms with Crippen LogP contribution in [0.4, 0.5) is 5.13 Å². The van der Waals surface area contributed by atoms with E-state index >= 15 is 0 Å². The lowest BCUT2D eigenvalue weighted by Gasteiger charge is -2.17. The van der Waals surface area contributed by atoms with Gasteiger partial charge < -0.3 is 10.5 Å². The molecule has 3 nitrogen and oxygen atoms in total. The van der Waals surface area contributed by atoms with E-state index in [1.54, 1.807) is 11.3 Å². The van der Waals surface area contributed by atoms with Crippen LogP contribution < -0.4 is 10.5 Å². The minimum atomic E-state index is 0.437. The van der Waals surface area contributed by atoms with Crippen LogP contribution in [0, 0.1) is 6.92 Å². The number of thiazole rings is 1. The lowest BCUT2D eigenvalue weighted by atomic mass is 9.94. The maximum Gasteiger partial charge on any atom is 0.180 e. The molecule has 1 aromatic carbocycles. The highest BCUT2D eigenvalue weighted by molar-refractivity contribution is 7.15. The summed E-state index contributed by atoms with van der Waals surface area (Å²) in [6, 6.07) is 4.32. The Morgan fingerprint density at radius 1 is 1.37 bits per heavy atom. The van der Waals surface area contributed by atoms with Crippen LogP contribution in [0.15, 0.2) is 12.1 Å². The average Bonchev–Trinajstić information content (AvgIpc) is 2.61. The van der Waals surface area contributed by atoms with Gasteiger partial charge in [0.25, 0.3) is 0 Å². The summed E-state index contributed by atoms with van der Waals surface area (Å²) in [6.07, 6.45) is 0.885. The summed E-state index contributed by atoms with van der Waals surface area (Å²) in [5.41, 5.74) is 10.5. The van der Waals surface area contributed by atoms with Gasteiger partial charge in [-0.2, -0.15) is 0 Å². The molecule has 2 aromatic rings. The Hall–Kier alpha value is -1.55. The van der Waals surface area contributed by atoms with Crippen molar-refractivity contribution in [2.24, 2.45) is 0 Å². The minimum Gasteiger partial charge on any atom is -0.492 e. The van der Waals surface area contributed by atoms with E-state index in [0.717, 1.165) is 23.4 Å². The first-order valence-electron chi connectivity index (χ1n) is 6.59. The first kappa shape index (κ1) is 12.5. The van der Waals surface area contributed by atoms with Crippen molar-refractivity contribution in [3.05, 3.63) is 28.1 Å². The SMILES string of the molecule is Cc1ccc(C(C)C)c2c1-c1nc(N)sc1CCO2. The van der Waals surface area contributed by atoms with Crippen LogP contribution in [-0.2, 0) is 6.42 Å². The van der Waals surface area contributed by atoms with Gasteiger partial charge in [-0.1, -0.05) is 26.0 Å². The third kappa shape index (κ3) is 2.00. The molecule has 0 bridgehead atoms. The normalized spacial score (nSPS) is 13.7. The van der Waals surface area contributed by atoms with Crippen LogP contribution in [0.1, 0.15) is 35.8 Å². The number of rotatable bonds is 1. The minimum absolute atomic E-state index is 0.437. The van der Waals surface area contributed by atoms with E-state index in [9.17, 15) is 0 Å². The highest BCUT2D eigenvalue weighted by atomic mass is 32.1. The van der Waals surface area contributed by atoms with Gasteiger partial charge in [0.1, 0.15) is 5.75 Å². The molecule has 0 unspecified atom stereocenters. The first-order chi connectivity index (χ1) is 9.08. The number of ether oxygens (including phenoxy) is 1. The summed E-state index contributed by atoms with van der Waals surface area (Å²) in [5.74, 6) is 1.44. The van der Waals surface area contributed by atoms with Gasteiger partial charge in [-0.15, -0.1) is 11.3 Å². The second-order valence-electron chi connectivity index (χ2n) is 5.25. The molecule has 0 atom stereocenters. The van der Waals surface area contributed by atoms with Gasteiger partial charge in [-0.3, -0.25) is 0 Å². The van der Waals surface area contributed by atoms with Crippen LogP contribution >= 0.6 is 11.3 Å². The quantitative estimate of drug-likeness (QED) is 0.861. The Labute approximate surface area is 117 Å². The van der Waals surface area contributed by atoms with Gasteiger partial charge >= 0.3 is 0 Å². The van der Waals surface area contributed by atoms with Crippen molar-refractivity contribution in [1.29, 1.82) is 0 Å². The molecule has 1 aliphatic rings. The molecular weight excluding hydrogens is 256 g/mol. The predicted molar refractivity (Wildman–Crippen MR) is 80.0 cm³/mol. The van der Waals surface area contributed by atoms with Crippen LogP contribution in [0.25, 0.3) is 11.3 Å². The van der Waals surface area contributed by atoms with E-state index in [1.165, 1.54) is 16.0 Å². The maximum absolute atomic E-state index is 6.03. The predicted octanol–water partition coefficient (Wildman–Crippen LogP) is 3.76. The van der Waals surface area contributed by atoms with Crippen LogP contribution in [-0.4, -0.2) is 11.6 Å². The van der Waals surface area contributed by atoms with Gasteiger partial charge in [0, 0.05) is 16.9 Å². The van der Waals surface area contributed by atoms with E-state index in [4.69, 9.17) is 10.5 Å². The smallest absolute Gasteiger partial charge is 0.180 e. The molecule has 0 saturated heterocycles. The fourth-order valence-electron chi connectivity index (χ4n) is 2.58. The molecule has 1 aliphatic heterocycles. The van der Waals surface area contributed by atoms with Crippen molar-refractivity contribution >= 4 is 16.5 Å². The lowest BCUT2D eigenvalue weighted by Crippen LogP contribution is -2.02.